The van der Waals surface area contributed by atoms with Gasteiger partial charge in [-0.2, -0.15) is 4.98 Å². The van der Waals surface area contributed by atoms with Crippen LogP contribution in [0, 0.1) is 16.0 Å². The van der Waals surface area contributed by atoms with Crippen molar-refractivity contribution in [3.05, 3.63) is 70.4 Å². The molecule has 1 aromatic heterocycles. The van der Waals surface area contributed by atoms with Crippen molar-refractivity contribution >= 4 is 41.0 Å². The Labute approximate surface area is 244 Å². The molecule has 0 aliphatic heterocycles. The van der Waals surface area contributed by atoms with Gasteiger partial charge in [-0.15, -0.1) is 0 Å². The first-order chi connectivity index (χ1) is 19.6. The predicted octanol–water partition coefficient (Wildman–Crippen LogP) is 6.23. The Balaban J connectivity index is 1.34. The Kier molecular flexibility index (Phi) is 9.87. The Bertz CT molecular complexity index is 1360. The summed E-state index contributed by atoms with van der Waals surface area (Å²) in [4.78, 5) is 33.9. The van der Waals surface area contributed by atoms with Crippen LogP contribution in [-0.2, 0) is 11.3 Å². The molecule has 0 saturated heterocycles. The van der Waals surface area contributed by atoms with E-state index in [2.05, 4.69) is 25.9 Å². The summed E-state index contributed by atoms with van der Waals surface area (Å²) in [5.74, 6) is 0.774. The molecule has 0 spiro atoms. The number of aromatic nitrogens is 2. The minimum Gasteiger partial charge on any atom is -0.444 e. The molecule has 2 aromatic carbocycles. The van der Waals surface area contributed by atoms with Gasteiger partial charge in [-0.25, -0.2) is 9.78 Å². The van der Waals surface area contributed by atoms with E-state index in [1.807, 2.05) is 69.3 Å². The molecule has 1 amide bonds. The first-order valence-electron chi connectivity index (χ1n) is 13.7. The molecule has 0 bridgehead atoms. The average molecular weight is 580 g/mol. The van der Waals surface area contributed by atoms with Gasteiger partial charge in [-0.1, -0.05) is 42.1 Å². The van der Waals surface area contributed by atoms with Gasteiger partial charge in [0.2, 0.25) is 11.8 Å². The van der Waals surface area contributed by atoms with Crippen molar-refractivity contribution in [3.63, 3.8) is 0 Å². The van der Waals surface area contributed by atoms with Crippen molar-refractivity contribution in [1.82, 2.24) is 15.3 Å². The quantitative estimate of drug-likeness (QED) is 0.123. The summed E-state index contributed by atoms with van der Waals surface area (Å²) in [6.07, 6.45) is 4.20. The number of benzene rings is 2. The van der Waals surface area contributed by atoms with E-state index in [0.29, 0.717) is 30.6 Å². The van der Waals surface area contributed by atoms with Gasteiger partial charge in [-0.3, -0.25) is 10.1 Å². The zero-order valence-corrected chi connectivity index (χ0v) is 24.4. The molecule has 11 nitrogen and oxygen atoms in total. The molecule has 12 heteroatoms. The lowest BCUT2D eigenvalue weighted by molar-refractivity contribution is -0.384. The van der Waals surface area contributed by atoms with Crippen molar-refractivity contribution in [2.24, 2.45) is 5.92 Å². The summed E-state index contributed by atoms with van der Waals surface area (Å²) in [5.41, 5.74) is 7.15. The number of nitrogen functional groups attached to an aromatic ring is 1. The highest BCUT2D eigenvalue weighted by Crippen LogP contribution is 2.34. The number of anilines is 3. The van der Waals surface area contributed by atoms with Gasteiger partial charge in [-0.05, 0) is 76.1 Å². The molecule has 1 aliphatic rings. The first kappa shape index (κ1) is 29.9. The number of carbonyl (C=O) groups is 1. The summed E-state index contributed by atoms with van der Waals surface area (Å²) in [5, 5.41) is 21.0. The van der Waals surface area contributed by atoms with Gasteiger partial charge in [0.25, 0.3) is 0 Å². The van der Waals surface area contributed by atoms with Crippen LogP contribution in [0.5, 0.6) is 0 Å². The summed E-state index contributed by atoms with van der Waals surface area (Å²) in [7, 11) is 0. The number of nitrogens with two attached hydrogens (primary N) is 1. The van der Waals surface area contributed by atoms with Crippen LogP contribution in [0.15, 0.2) is 64.5 Å². The number of ether oxygens (including phenoxy) is 1. The minimum absolute atomic E-state index is 0.0599. The normalized spacial score (nSPS) is 17.0. The topological polar surface area (TPSA) is 157 Å². The van der Waals surface area contributed by atoms with Crippen LogP contribution in [0.4, 0.5) is 27.9 Å². The van der Waals surface area contributed by atoms with Gasteiger partial charge >= 0.3 is 11.8 Å². The lowest BCUT2D eigenvalue weighted by Gasteiger charge is -2.30. The third-order valence-corrected chi connectivity index (χ3v) is 7.85. The average Bonchev–Trinajstić information content (AvgIpc) is 2.92. The standard InChI is InChI=1S/C29H37N7O4S/c1-29(2,3)40-28(37)34-21-14-12-19(13-15-21)16-31-26-23(36(38)39)18-33-27(35-26)32-17-20-8-4-6-10-24(20)41-25-11-7-5-9-22(25)30/h4-11,18-19,21H,12-17,30H2,1-3H3,(H,34,37)(H2,31,32,33,35). The lowest BCUT2D eigenvalue weighted by atomic mass is 9.86. The van der Waals surface area contributed by atoms with E-state index in [9.17, 15) is 14.9 Å². The van der Waals surface area contributed by atoms with Gasteiger partial charge in [0.1, 0.15) is 11.8 Å². The highest BCUT2D eigenvalue weighted by molar-refractivity contribution is 7.99. The fraction of sp³-hybridized carbons (Fsp3) is 0.414. The van der Waals surface area contributed by atoms with Gasteiger partial charge in [0, 0.05) is 34.6 Å². The monoisotopic (exact) mass is 579 g/mol. The van der Waals surface area contributed by atoms with E-state index < -0.39 is 16.6 Å². The number of para-hydroxylation sites is 1. The molecule has 4 rings (SSSR count). The fourth-order valence-corrected chi connectivity index (χ4v) is 5.55. The molecule has 1 aliphatic carbocycles. The van der Waals surface area contributed by atoms with Gasteiger partial charge in [0.15, 0.2) is 0 Å². The Morgan fingerprint density at radius 2 is 1.76 bits per heavy atom. The molecule has 41 heavy (non-hydrogen) atoms. The van der Waals surface area contributed by atoms with E-state index in [1.165, 1.54) is 6.20 Å². The zero-order chi connectivity index (χ0) is 29.4. The molecule has 0 atom stereocenters. The maximum absolute atomic E-state index is 12.1. The van der Waals surface area contributed by atoms with Crippen molar-refractivity contribution in [1.29, 1.82) is 0 Å². The number of carbonyl (C=O) groups excluding carboxylic acids is 1. The molecule has 1 saturated carbocycles. The first-order valence-corrected chi connectivity index (χ1v) is 14.5. The lowest BCUT2D eigenvalue weighted by Crippen LogP contribution is -2.41. The van der Waals surface area contributed by atoms with Crippen LogP contribution in [0.1, 0.15) is 52.0 Å². The number of nitrogens with one attached hydrogen (secondary N) is 3. The van der Waals surface area contributed by atoms with E-state index in [-0.39, 0.29) is 17.5 Å². The largest absolute Gasteiger partial charge is 0.444 e. The summed E-state index contributed by atoms with van der Waals surface area (Å²) >= 11 is 1.58. The van der Waals surface area contributed by atoms with Crippen molar-refractivity contribution in [3.8, 4) is 0 Å². The molecule has 0 unspecified atom stereocenters. The highest BCUT2D eigenvalue weighted by atomic mass is 32.2. The molecule has 5 N–H and O–H groups in total. The second-order valence-corrected chi connectivity index (χ2v) is 12.1. The van der Waals surface area contributed by atoms with Crippen LogP contribution < -0.4 is 21.7 Å². The zero-order valence-electron chi connectivity index (χ0n) is 23.6. The van der Waals surface area contributed by atoms with E-state index in [4.69, 9.17) is 10.5 Å². The molecule has 0 radical (unpaired) electrons. The van der Waals surface area contributed by atoms with Crippen LogP contribution in [0.3, 0.4) is 0 Å². The summed E-state index contributed by atoms with van der Waals surface area (Å²) < 4.78 is 5.35. The second kappa shape index (κ2) is 13.5. The van der Waals surface area contributed by atoms with Gasteiger partial charge in [0.05, 0.1) is 4.92 Å². The van der Waals surface area contributed by atoms with E-state index in [0.717, 1.165) is 41.0 Å². The Morgan fingerprint density at radius 1 is 1.07 bits per heavy atom. The summed E-state index contributed by atoms with van der Waals surface area (Å²) in [6.45, 7) is 6.48. The molecule has 218 valence electrons. The minimum atomic E-state index is -0.537. The maximum atomic E-state index is 12.1. The molecule has 3 aromatic rings. The number of nitrogens with zero attached hydrogens (tertiary/aromatic N) is 3. The predicted molar refractivity (Wildman–Crippen MR) is 161 cm³/mol. The van der Waals surface area contributed by atoms with E-state index >= 15 is 0 Å². The SMILES string of the molecule is CC(C)(C)OC(=O)NC1CCC(CNc2nc(NCc3ccccc3Sc3ccccc3N)ncc2[N+](=O)[O-])CC1. The van der Waals surface area contributed by atoms with Crippen molar-refractivity contribution in [2.45, 2.75) is 74.4 Å². The molecular formula is C29H37N7O4S. The smallest absolute Gasteiger partial charge is 0.407 e. The van der Waals surface area contributed by atoms with E-state index in [1.54, 1.807) is 11.8 Å². The molecule has 1 fully saturated rings. The van der Waals surface area contributed by atoms with Gasteiger partial charge < -0.3 is 26.4 Å². The number of rotatable bonds is 10. The molecule has 1 heterocycles. The van der Waals surface area contributed by atoms with Crippen LogP contribution in [0.25, 0.3) is 0 Å². The van der Waals surface area contributed by atoms with Crippen LogP contribution in [-0.4, -0.2) is 39.2 Å². The highest BCUT2D eigenvalue weighted by Gasteiger charge is 2.26. The molecular weight excluding hydrogens is 542 g/mol. The van der Waals surface area contributed by atoms with Crippen LogP contribution >= 0.6 is 11.8 Å². The Hall–Kier alpha value is -4.06. The number of amides is 1. The van der Waals surface area contributed by atoms with Crippen molar-refractivity contribution < 1.29 is 14.5 Å². The van der Waals surface area contributed by atoms with Crippen LogP contribution in [0.2, 0.25) is 0 Å². The fourth-order valence-electron chi connectivity index (χ4n) is 4.57. The summed E-state index contributed by atoms with van der Waals surface area (Å²) in [6, 6.07) is 15.7. The number of alkyl carbamates (subject to hydrolysis) is 1. The number of hydrogen-bond donors (Lipinski definition) is 4. The Morgan fingerprint density at radius 3 is 2.44 bits per heavy atom. The number of hydrogen-bond acceptors (Lipinski definition) is 10. The maximum Gasteiger partial charge on any atom is 0.407 e. The second-order valence-electron chi connectivity index (χ2n) is 11.0. The third-order valence-electron chi connectivity index (χ3n) is 6.64. The van der Waals surface area contributed by atoms with Crippen molar-refractivity contribution in [2.75, 3.05) is 22.9 Å². The third kappa shape index (κ3) is 8.97. The number of nitro groups is 1.